The highest BCUT2D eigenvalue weighted by molar-refractivity contribution is 6.58. The molecule has 0 aliphatic carbocycles. The summed E-state index contributed by atoms with van der Waals surface area (Å²) in [7, 11) is 0. The summed E-state index contributed by atoms with van der Waals surface area (Å²) in [5.74, 6) is 0. The summed E-state index contributed by atoms with van der Waals surface area (Å²) in [6.07, 6.45) is 12.9. The van der Waals surface area contributed by atoms with Gasteiger partial charge in [-0.2, -0.15) is 0 Å². The summed E-state index contributed by atoms with van der Waals surface area (Å²) in [6, 6.07) is 0. The van der Waals surface area contributed by atoms with Crippen molar-refractivity contribution in [3.8, 4) is 0 Å². The number of ether oxygens (including phenoxy) is 1. The minimum Gasteiger partial charge on any atom is -0.379 e. The molecule has 0 saturated carbocycles. The molecule has 0 radical (unpaired) electrons. The minimum atomic E-state index is 0.889. The van der Waals surface area contributed by atoms with Crippen molar-refractivity contribution >= 4 is 6.71 Å². The van der Waals surface area contributed by atoms with Gasteiger partial charge in [-0.3, -0.25) is 0 Å². The molecule has 0 amide bonds. The first-order valence-electron chi connectivity index (χ1n) is 8.63. The quantitative estimate of drug-likeness (QED) is 0.623. The van der Waals surface area contributed by atoms with Crippen LogP contribution in [0.4, 0.5) is 0 Å². The third kappa shape index (κ3) is 14.2. The van der Waals surface area contributed by atoms with E-state index >= 15 is 0 Å². The maximum atomic E-state index is 5.01. The van der Waals surface area contributed by atoms with Gasteiger partial charge in [0, 0.05) is 13.1 Å². The second kappa shape index (κ2) is 16.0. The Hall–Kier alpha value is -0.0151. The predicted octanol–water partition coefficient (Wildman–Crippen LogP) is 4.49. The van der Waals surface area contributed by atoms with E-state index in [9.17, 15) is 0 Å². The van der Waals surface area contributed by atoms with Crippen LogP contribution in [0, 0.1) is 0 Å². The molecule has 1 N–H and O–H groups in total. The van der Waals surface area contributed by atoms with Gasteiger partial charge < -0.3 is 10.1 Å². The Morgan fingerprint density at radius 1 is 0.789 bits per heavy atom. The molecule has 0 aromatic heterocycles. The van der Waals surface area contributed by atoms with Gasteiger partial charge in [-0.1, -0.05) is 78.3 Å². The lowest BCUT2D eigenvalue weighted by Crippen LogP contribution is -2.30. The van der Waals surface area contributed by atoms with Crippen LogP contribution in [-0.4, -0.2) is 33.0 Å². The summed E-state index contributed by atoms with van der Waals surface area (Å²) in [5, 5.41) is 3.16. The molecule has 0 atom stereocenters. The lowest BCUT2D eigenvalue weighted by Gasteiger charge is -2.11. The average Bonchev–Trinajstić information content (AvgIpc) is 2.49. The maximum Gasteiger partial charge on any atom is 0.139 e. The molecule has 1 fully saturated rings. The van der Waals surface area contributed by atoms with Gasteiger partial charge in [0.05, 0.1) is 13.2 Å². The summed E-state index contributed by atoms with van der Waals surface area (Å²) in [6.45, 7) is 11.8. The lowest BCUT2D eigenvalue weighted by atomic mass is 9.41. The molecule has 1 aliphatic rings. The Morgan fingerprint density at radius 3 is 1.42 bits per heavy atom. The molecule has 2 nitrogen and oxygen atoms in total. The van der Waals surface area contributed by atoms with Crippen molar-refractivity contribution in [3.05, 3.63) is 0 Å². The largest absolute Gasteiger partial charge is 0.379 e. The van der Waals surface area contributed by atoms with E-state index in [0.29, 0.717) is 0 Å². The third-order valence-corrected chi connectivity index (χ3v) is 3.74. The van der Waals surface area contributed by atoms with Crippen LogP contribution >= 0.6 is 0 Å². The molecular formula is C16H36BNO. The van der Waals surface area contributed by atoms with Crippen molar-refractivity contribution in [3.63, 3.8) is 0 Å². The standard InChI is InChI=1S/C12H27B.C4H9NO/c1-4-7-10-13(11-8-5-2)12-9-6-3;1-3-6-4-2-5-1/h4-12H2,1-3H3;5H,1-4H2. The highest BCUT2D eigenvalue weighted by Gasteiger charge is 2.10. The Morgan fingerprint density at radius 2 is 1.21 bits per heavy atom. The molecule has 19 heavy (non-hydrogen) atoms. The fourth-order valence-corrected chi connectivity index (χ4v) is 2.43. The van der Waals surface area contributed by atoms with Crippen LogP contribution in [0.2, 0.25) is 19.0 Å². The van der Waals surface area contributed by atoms with Gasteiger partial charge >= 0.3 is 0 Å². The molecule has 3 heteroatoms. The number of hydrogen-bond acceptors (Lipinski definition) is 2. The van der Waals surface area contributed by atoms with E-state index in [0.717, 1.165) is 33.0 Å². The summed E-state index contributed by atoms with van der Waals surface area (Å²) in [5.41, 5.74) is 0. The van der Waals surface area contributed by atoms with Gasteiger partial charge in [0.1, 0.15) is 6.71 Å². The van der Waals surface area contributed by atoms with E-state index in [-0.39, 0.29) is 0 Å². The number of rotatable bonds is 9. The third-order valence-electron chi connectivity index (χ3n) is 3.74. The number of morpholine rings is 1. The monoisotopic (exact) mass is 269 g/mol. The van der Waals surface area contributed by atoms with Crippen molar-refractivity contribution in [2.75, 3.05) is 26.3 Å². The van der Waals surface area contributed by atoms with Crippen LogP contribution in [0.25, 0.3) is 0 Å². The summed E-state index contributed by atoms with van der Waals surface area (Å²) >= 11 is 0. The lowest BCUT2D eigenvalue weighted by molar-refractivity contribution is 0.109. The fourth-order valence-electron chi connectivity index (χ4n) is 2.43. The van der Waals surface area contributed by atoms with Crippen LogP contribution in [0.15, 0.2) is 0 Å². The maximum absolute atomic E-state index is 5.01. The number of unbranched alkanes of at least 4 members (excludes halogenated alkanes) is 3. The van der Waals surface area contributed by atoms with Gasteiger partial charge in [0.25, 0.3) is 0 Å². The molecule has 0 bridgehead atoms. The Labute approximate surface area is 122 Å². The van der Waals surface area contributed by atoms with Gasteiger partial charge in [0.15, 0.2) is 0 Å². The van der Waals surface area contributed by atoms with Crippen molar-refractivity contribution < 1.29 is 4.74 Å². The number of hydrogen-bond donors (Lipinski definition) is 1. The van der Waals surface area contributed by atoms with Crippen molar-refractivity contribution in [1.29, 1.82) is 0 Å². The van der Waals surface area contributed by atoms with Gasteiger partial charge in [0.2, 0.25) is 0 Å². The molecule has 114 valence electrons. The molecule has 1 rings (SSSR count). The summed E-state index contributed by atoms with van der Waals surface area (Å²) in [4.78, 5) is 0. The van der Waals surface area contributed by atoms with Crippen molar-refractivity contribution in [1.82, 2.24) is 5.32 Å². The van der Waals surface area contributed by atoms with Crippen LogP contribution in [0.1, 0.15) is 59.3 Å². The fraction of sp³-hybridized carbons (Fsp3) is 1.00. The van der Waals surface area contributed by atoms with E-state index in [2.05, 4.69) is 26.1 Å². The zero-order chi connectivity index (χ0) is 14.2. The molecule has 0 aromatic carbocycles. The Balaban J connectivity index is 0.000000443. The Kier molecular flexibility index (Phi) is 16.0. The van der Waals surface area contributed by atoms with E-state index in [1.54, 1.807) is 0 Å². The number of nitrogens with one attached hydrogen (secondary N) is 1. The highest BCUT2D eigenvalue weighted by Crippen LogP contribution is 2.16. The van der Waals surface area contributed by atoms with E-state index < -0.39 is 0 Å². The molecule has 1 heterocycles. The first-order valence-corrected chi connectivity index (χ1v) is 8.63. The Bertz CT molecular complexity index is 132. The van der Waals surface area contributed by atoms with E-state index in [1.165, 1.54) is 57.5 Å². The van der Waals surface area contributed by atoms with Crippen LogP contribution in [-0.2, 0) is 4.74 Å². The van der Waals surface area contributed by atoms with Gasteiger partial charge in [-0.25, -0.2) is 0 Å². The minimum absolute atomic E-state index is 0.889. The first kappa shape index (κ1) is 19.0. The smallest absolute Gasteiger partial charge is 0.139 e. The van der Waals surface area contributed by atoms with Crippen LogP contribution in [0.3, 0.4) is 0 Å². The normalized spacial score (nSPS) is 14.7. The zero-order valence-corrected chi connectivity index (χ0v) is 13.7. The van der Waals surface area contributed by atoms with Gasteiger partial charge in [-0.05, 0) is 0 Å². The second-order valence-corrected chi connectivity index (χ2v) is 5.66. The SMILES string of the molecule is C1COCCN1.CCCCB(CCCC)CCCC. The van der Waals surface area contributed by atoms with E-state index in [1.807, 2.05) is 0 Å². The molecule has 0 unspecified atom stereocenters. The first-order chi connectivity index (χ1) is 9.35. The predicted molar refractivity (Wildman–Crippen MR) is 88.6 cm³/mol. The molecule has 0 aromatic rings. The topological polar surface area (TPSA) is 21.3 Å². The van der Waals surface area contributed by atoms with Crippen molar-refractivity contribution in [2.45, 2.75) is 78.3 Å². The average molecular weight is 269 g/mol. The second-order valence-electron chi connectivity index (χ2n) is 5.66. The van der Waals surface area contributed by atoms with E-state index in [4.69, 9.17) is 4.74 Å². The molecule has 0 spiro atoms. The molecular weight excluding hydrogens is 233 g/mol. The highest BCUT2D eigenvalue weighted by atomic mass is 16.5. The molecule has 1 saturated heterocycles. The zero-order valence-electron chi connectivity index (χ0n) is 13.7. The van der Waals surface area contributed by atoms with Crippen LogP contribution < -0.4 is 5.32 Å². The molecule has 1 aliphatic heterocycles. The van der Waals surface area contributed by atoms with Crippen molar-refractivity contribution in [2.24, 2.45) is 0 Å². The summed E-state index contributed by atoms with van der Waals surface area (Å²) < 4.78 is 5.01. The van der Waals surface area contributed by atoms with Gasteiger partial charge in [-0.15, -0.1) is 0 Å². The van der Waals surface area contributed by atoms with Crippen LogP contribution in [0.5, 0.6) is 0 Å².